The van der Waals surface area contributed by atoms with Crippen LogP contribution in [0.5, 0.6) is 5.75 Å². The van der Waals surface area contributed by atoms with Gasteiger partial charge >= 0.3 is 0 Å². The second kappa shape index (κ2) is 8.35. The maximum atomic E-state index is 5.51. The van der Waals surface area contributed by atoms with Crippen LogP contribution in [-0.2, 0) is 0 Å². The SMILES string of the molecule is CCOc1ccc(-c2nnc(N3CCC(N4CCCCC4)CC3)s2)cc1. The summed E-state index contributed by atoms with van der Waals surface area (Å²) in [5.41, 5.74) is 1.11. The average molecular weight is 373 g/mol. The van der Waals surface area contributed by atoms with Crippen molar-refractivity contribution >= 4 is 16.5 Å². The average Bonchev–Trinajstić information content (AvgIpc) is 3.20. The van der Waals surface area contributed by atoms with Crippen LogP contribution >= 0.6 is 11.3 Å². The Morgan fingerprint density at radius 3 is 2.42 bits per heavy atom. The molecule has 2 aliphatic rings. The molecule has 5 nitrogen and oxygen atoms in total. The van der Waals surface area contributed by atoms with Gasteiger partial charge in [-0.05, 0) is 70.0 Å². The molecule has 0 bridgehead atoms. The summed E-state index contributed by atoms with van der Waals surface area (Å²) in [6.45, 7) is 7.48. The van der Waals surface area contributed by atoms with E-state index in [0.717, 1.165) is 40.6 Å². The van der Waals surface area contributed by atoms with E-state index in [1.807, 2.05) is 19.1 Å². The molecule has 1 aromatic heterocycles. The van der Waals surface area contributed by atoms with Gasteiger partial charge in [0, 0.05) is 24.7 Å². The molecule has 4 rings (SSSR count). The van der Waals surface area contributed by atoms with Gasteiger partial charge in [0.05, 0.1) is 6.61 Å². The standard InChI is InChI=1S/C20H28N4OS/c1-2-25-18-8-6-16(7-9-18)19-21-22-20(26-19)24-14-10-17(11-15-24)23-12-4-3-5-13-23/h6-9,17H,2-5,10-15H2,1H3. The molecule has 3 heterocycles. The van der Waals surface area contributed by atoms with Crippen molar-refractivity contribution in [3.05, 3.63) is 24.3 Å². The minimum Gasteiger partial charge on any atom is -0.494 e. The lowest BCUT2D eigenvalue weighted by Crippen LogP contribution is -2.46. The molecule has 2 aliphatic heterocycles. The van der Waals surface area contributed by atoms with Gasteiger partial charge in [0.25, 0.3) is 0 Å². The molecule has 0 N–H and O–H groups in total. The molecule has 1 aromatic carbocycles. The molecular formula is C20H28N4OS. The molecule has 0 unspecified atom stereocenters. The van der Waals surface area contributed by atoms with Crippen molar-refractivity contribution < 1.29 is 4.74 Å². The van der Waals surface area contributed by atoms with Gasteiger partial charge in [-0.3, -0.25) is 0 Å². The number of anilines is 1. The fourth-order valence-corrected chi connectivity index (χ4v) is 4.93. The van der Waals surface area contributed by atoms with Crippen molar-refractivity contribution in [2.45, 2.75) is 45.1 Å². The van der Waals surface area contributed by atoms with Gasteiger partial charge in [0.2, 0.25) is 5.13 Å². The summed E-state index contributed by atoms with van der Waals surface area (Å²) in [4.78, 5) is 5.13. The first-order chi connectivity index (χ1) is 12.8. The number of hydrogen-bond donors (Lipinski definition) is 0. The van der Waals surface area contributed by atoms with Crippen LogP contribution in [0.15, 0.2) is 24.3 Å². The highest BCUT2D eigenvalue weighted by Gasteiger charge is 2.27. The van der Waals surface area contributed by atoms with Gasteiger partial charge in [-0.2, -0.15) is 0 Å². The first kappa shape index (κ1) is 17.7. The number of rotatable bonds is 5. The highest BCUT2D eigenvalue weighted by molar-refractivity contribution is 7.18. The molecule has 0 saturated carbocycles. The lowest BCUT2D eigenvalue weighted by molar-refractivity contribution is 0.141. The fourth-order valence-electron chi connectivity index (χ4n) is 4.03. The Morgan fingerprint density at radius 1 is 1.00 bits per heavy atom. The van der Waals surface area contributed by atoms with E-state index in [1.165, 1.54) is 45.2 Å². The van der Waals surface area contributed by atoms with E-state index in [1.54, 1.807) is 11.3 Å². The second-order valence-corrected chi connectivity index (χ2v) is 8.12. The normalized spacial score (nSPS) is 19.7. The predicted octanol–water partition coefficient (Wildman–Crippen LogP) is 4.06. The van der Waals surface area contributed by atoms with E-state index < -0.39 is 0 Å². The lowest BCUT2D eigenvalue weighted by Gasteiger charge is -2.40. The first-order valence-electron chi connectivity index (χ1n) is 9.89. The Balaban J connectivity index is 1.36. The molecule has 2 saturated heterocycles. The molecule has 140 valence electrons. The lowest BCUT2D eigenvalue weighted by atomic mass is 10.0. The maximum Gasteiger partial charge on any atom is 0.208 e. The number of nitrogens with zero attached hydrogens (tertiary/aromatic N) is 4. The molecule has 2 aromatic rings. The van der Waals surface area contributed by atoms with Crippen molar-refractivity contribution in [3.8, 4) is 16.3 Å². The van der Waals surface area contributed by atoms with Crippen LogP contribution in [0.4, 0.5) is 5.13 Å². The third-order valence-electron chi connectivity index (χ3n) is 5.47. The Labute approximate surface area is 160 Å². The zero-order chi connectivity index (χ0) is 17.8. The molecular weight excluding hydrogens is 344 g/mol. The van der Waals surface area contributed by atoms with Crippen molar-refractivity contribution in [3.63, 3.8) is 0 Å². The minimum atomic E-state index is 0.690. The highest BCUT2D eigenvalue weighted by atomic mass is 32.1. The van der Waals surface area contributed by atoms with E-state index in [-0.39, 0.29) is 0 Å². The number of benzene rings is 1. The van der Waals surface area contributed by atoms with Crippen molar-refractivity contribution in [2.75, 3.05) is 37.7 Å². The van der Waals surface area contributed by atoms with Crippen LogP contribution in [0.3, 0.4) is 0 Å². The van der Waals surface area contributed by atoms with E-state index in [4.69, 9.17) is 4.74 Å². The summed E-state index contributed by atoms with van der Waals surface area (Å²) < 4.78 is 5.51. The maximum absolute atomic E-state index is 5.51. The van der Waals surface area contributed by atoms with Crippen LogP contribution in [0.2, 0.25) is 0 Å². The topological polar surface area (TPSA) is 41.5 Å². The van der Waals surface area contributed by atoms with Gasteiger partial charge in [0.15, 0.2) is 0 Å². The van der Waals surface area contributed by atoms with Crippen LogP contribution < -0.4 is 9.64 Å². The third kappa shape index (κ3) is 4.01. The Bertz CT molecular complexity index is 688. The van der Waals surface area contributed by atoms with Gasteiger partial charge in [-0.1, -0.05) is 17.8 Å². The summed E-state index contributed by atoms with van der Waals surface area (Å²) in [6.07, 6.45) is 6.66. The van der Waals surface area contributed by atoms with Crippen LogP contribution in [-0.4, -0.2) is 53.9 Å². The smallest absolute Gasteiger partial charge is 0.208 e. The molecule has 0 radical (unpaired) electrons. The molecule has 0 aliphatic carbocycles. The number of hydrogen-bond acceptors (Lipinski definition) is 6. The Kier molecular flexibility index (Phi) is 5.70. The van der Waals surface area contributed by atoms with E-state index in [0.29, 0.717) is 6.61 Å². The summed E-state index contributed by atoms with van der Waals surface area (Å²) in [7, 11) is 0. The van der Waals surface area contributed by atoms with Crippen LogP contribution in [0, 0.1) is 0 Å². The largest absolute Gasteiger partial charge is 0.494 e. The summed E-state index contributed by atoms with van der Waals surface area (Å²) >= 11 is 1.70. The number of aromatic nitrogens is 2. The molecule has 0 spiro atoms. The zero-order valence-corrected chi connectivity index (χ0v) is 16.4. The Hall–Kier alpha value is -1.66. The van der Waals surface area contributed by atoms with E-state index in [9.17, 15) is 0 Å². The zero-order valence-electron chi connectivity index (χ0n) is 15.6. The van der Waals surface area contributed by atoms with E-state index in [2.05, 4.69) is 32.1 Å². The molecule has 6 heteroatoms. The Morgan fingerprint density at radius 2 is 1.73 bits per heavy atom. The van der Waals surface area contributed by atoms with Crippen LogP contribution in [0.1, 0.15) is 39.0 Å². The quantitative estimate of drug-likeness (QED) is 0.792. The summed E-state index contributed by atoms with van der Waals surface area (Å²) in [6, 6.07) is 8.91. The predicted molar refractivity (Wildman–Crippen MR) is 107 cm³/mol. The fraction of sp³-hybridized carbons (Fsp3) is 0.600. The molecule has 0 amide bonds. The monoisotopic (exact) mass is 372 g/mol. The van der Waals surface area contributed by atoms with Crippen molar-refractivity contribution in [2.24, 2.45) is 0 Å². The first-order valence-corrected chi connectivity index (χ1v) is 10.7. The van der Waals surface area contributed by atoms with E-state index >= 15 is 0 Å². The summed E-state index contributed by atoms with van der Waals surface area (Å²) in [5.74, 6) is 0.903. The number of likely N-dealkylation sites (tertiary alicyclic amines) is 1. The number of ether oxygens (including phenoxy) is 1. The molecule has 26 heavy (non-hydrogen) atoms. The van der Waals surface area contributed by atoms with Gasteiger partial charge in [0.1, 0.15) is 10.8 Å². The van der Waals surface area contributed by atoms with Gasteiger partial charge in [-0.25, -0.2) is 0 Å². The van der Waals surface area contributed by atoms with Gasteiger partial charge < -0.3 is 14.5 Å². The highest BCUT2D eigenvalue weighted by Crippen LogP contribution is 2.32. The summed E-state index contributed by atoms with van der Waals surface area (Å²) in [5, 5.41) is 10.9. The second-order valence-electron chi connectivity index (χ2n) is 7.16. The minimum absolute atomic E-state index is 0.690. The molecule has 2 fully saturated rings. The van der Waals surface area contributed by atoms with Gasteiger partial charge in [-0.15, -0.1) is 10.2 Å². The number of piperidine rings is 2. The van der Waals surface area contributed by atoms with Crippen molar-refractivity contribution in [1.29, 1.82) is 0 Å². The third-order valence-corrected chi connectivity index (χ3v) is 6.50. The molecule has 0 atom stereocenters. The van der Waals surface area contributed by atoms with Crippen molar-refractivity contribution in [1.82, 2.24) is 15.1 Å². The van der Waals surface area contributed by atoms with Crippen LogP contribution in [0.25, 0.3) is 10.6 Å².